The van der Waals surface area contributed by atoms with Gasteiger partial charge in [-0.3, -0.25) is 4.99 Å². The van der Waals surface area contributed by atoms with Crippen LogP contribution in [0.3, 0.4) is 0 Å². The highest BCUT2D eigenvalue weighted by Gasteiger charge is 2.26. The van der Waals surface area contributed by atoms with E-state index in [1.165, 1.54) is 0 Å². The van der Waals surface area contributed by atoms with Crippen molar-refractivity contribution in [2.75, 3.05) is 6.54 Å². The fourth-order valence-corrected chi connectivity index (χ4v) is 1.29. The van der Waals surface area contributed by atoms with Gasteiger partial charge in [-0.05, 0) is 12.1 Å². The molecule has 0 N–H and O–H groups in total. The molecule has 0 radical (unpaired) electrons. The van der Waals surface area contributed by atoms with Gasteiger partial charge in [0.25, 0.3) is 0 Å². The van der Waals surface area contributed by atoms with Crippen LogP contribution in [0.1, 0.15) is 5.56 Å². The van der Waals surface area contributed by atoms with Gasteiger partial charge in [0.05, 0.1) is 0 Å². The predicted molar refractivity (Wildman–Crippen MR) is 57.5 cm³/mol. The number of alkyl halides is 3. The molecule has 0 atom stereocenters. The number of benzene rings is 1. The number of hydrogen-bond donors (Lipinski definition) is 0. The Morgan fingerprint density at radius 2 is 1.80 bits per heavy atom. The first-order valence-corrected chi connectivity index (χ1v) is 5.08. The van der Waals surface area contributed by atoms with Crippen LogP contribution >= 0.6 is 27.5 Å². The second kappa shape index (κ2) is 4.99. The average molecular weight is 301 g/mol. The molecule has 0 fully saturated rings. The Morgan fingerprint density at radius 3 is 2.27 bits per heavy atom. The molecule has 1 rings (SSSR count). The van der Waals surface area contributed by atoms with Gasteiger partial charge in [0.15, 0.2) is 0 Å². The molecule has 1 aromatic rings. The zero-order valence-corrected chi connectivity index (χ0v) is 9.70. The second-order valence-corrected chi connectivity index (χ2v) is 4.00. The molecule has 0 aliphatic rings. The first-order valence-electron chi connectivity index (χ1n) is 3.91. The lowest BCUT2D eigenvalue weighted by molar-refractivity contribution is -0.118. The van der Waals surface area contributed by atoms with Gasteiger partial charge in [0, 0.05) is 10.0 Å². The zero-order valence-electron chi connectivity index (χ0n) is 7.35. The normalized spacial score (nSPS) is 13.0. The molecule has 0 saturated carbocycles. The first kappa shape index (κ1) is 12.5. The van der Waals surface area contributed by atoms with Gasteiger partial charge >= 0.3 is 6.18 Å². The summed E-state index contributed by atoms with van der Waals surface area (Å²) >= 11 is 8.80. The van der Waals surface area contributed by atoms with Crippen LogP contribution in [0.4, 0.5) is 13.2 Å². The van der Waals surface area contributed by atoms with Crippen molar-refractivity contribution in [1.29, 1.82) is 0 Å². The van der Waals surface area contributed by atoms with Crippen LogP contribution in [0, 0.1) is 0 Å². The minimum Gasteiger partial charge on any atom is -0.263 e. The van der Waals surface area contributed by atoms with E-state index < -0.39 is 12.7 Å². The summed E-state index contributed by atoms with van der Waals surface area (Å²) in [6.45, 7) is -1.26. The maximum Gasteiger partial charge on any atom is 0.408 e. The predicted octanol–water partition coefficient (Wildman–Crippen LogP) is 4.00. The minimum absolute atomic E-state index is 0.139. The van der Waals surface area contributed by atoms with Crippen LogP contribution in [0.5, 0.6) is 0 Å². The van der Waals surface area contributed by atoms with E-state index in [4.69, 9.17) is 11.6 Å². The van der Waals surface area contributed by atoms with E-state index in [1.807, 2.05) is 0 Å². The smallest absolute Gasteiger partial charge is 0.263 e. The molecule has 0 spiro atoms. The molecule has 82 valence electrons. The van der Waals surface area contributed by atoms with Crippen molar-refractivity contribution in [3.8, 4) is 0 Å². The SMILES string of the molecule is FC(F)(F)CN=C(Cl)c1ccc(Br)cc1. The summed E-state index contributed by atoms with van der Waals surface area (Å²) in [4.78, 5) is 3.24. The third-order valence-electron chi connectivity index (χ3n) is 1.48. The summed E-state index contributed by atoms with van der Waals surface area (Å²) in [6, 6.07) is 6.54. The molecule has 0 aliphatic heterocycles. The molecule has 0 unspecified atom stereocenters. The van der Waals surface area contributed by atoms with E-state index >= 15 is 0 Å². The average Bonchev–Trinajstić information content (AvgIpc) is 2.14. The van der Waals surface area contributed by atoms with Crippen molar-refractivity contribution in [3.63, 3.8) is 0 Å². The maximum atomic E-state index is 11.8. The number of hydrogen-bond acceptors (Lipinski definition) is 1. The van der Waals surface area contributed by atoms with Gasteiger partial charge in [-0.2, -0.15) is 13.2 Å². The molecule has 0 saturated heterocycles. The number of nitrogens with zero attached hydrogens (tertiary/aromatic N) is 1. The third kappa shape index (κ3) is 4.66. The summed E-state index contributed by atoms with van der Waals surface area (Å²) in [5.74, 6) is 0. The number of aliphatic imine (C=N–C) groups is 1. The molecule has 0 aromatic heterocycles. The van der Waals surface area contributed by atoms with E-state index in [0.29, 0.717) is 5.56 Å². The fraction of sp³-hybridized carbons (Fsp3) is 0.222. The van der Waals surface area contributed by atoms with E-state index in [2.05, 4.69) is 20.9 Å². The number of halogens is 5. The number of rotatable bonds is 2. The Hall–Kier alpha value is -0.550. The highest BCUT2D eigenvalue weighted by atomic mass is 79.9. The summed E-state index contributed by atoms with van der Waals surface area (Å²) in [5.41, 5.74) is 0.462. The lowest BCUT2D eigenvalue weighted by atomic mass is 10.2. The maximum absolute atomic E-state index is 11.8. The lowest BCUT2D eigenvalue weighted by Crippen LogP contribution is -2.13. The Morgan fingerprint density at radius 1 is 1.27 bits per heavy atom. The highest BCUT2D eigenvalue weighted by Crippen LogP contribution is 2.17. The Balaban J connectivity index is 2.76. The topological polar surface area (TPSA) is 12.4 Å². The van der Waals surface area contributed by atoms with Crippen LogP contribution in [0.15, 0.2) is 33.7 Å². The molecular weight excluding hydrogens is 294 g/mol. The Bertz CT molecular complexity index is 359. The summed E-state index contributed by atoms with van der Waals surface area (Å²) < 4.78 is 36.3. The molecule has 0 amide bonds. The minimum atomic E-state index is -4.32. The van der Waals surface area contributed by atoms with Crippen LogP contribution in [0.2, 0.25) is 0 Å². The second-order valence-electron chi connectivity index (χ2n) is 2.73. The molecule has 0 heterocycles. The van der Waals surface area contributed by atoms with E-state index in [0.717, 1.165) is 4.47 Å². The van der Waals surface area contributed by atoms with Crippen LogP contribution in [-0.4, -0.2) is 17.9 Å². The van der Waals surface area contributed by atoms with Crippen LogP contribution < -0.4 is 0 Å². The monoisotopic (exact) mass is 299 g/mol. The molecule has 1 nitrogen and oxygen atoms in total. The van der Waals surface area contributed by atoms with Crippen molar-refractivity contribution >= 4 is 32.7 Å². The Labute approximate surface area is 98.1 Å². The van der Waals surface area contributed by atoms with Crippen LogP contribution in [-0.2, 0) is 0 Å². The largest absolute Gasteiger partial charge is 0.408 e. The molecule has 0 aliphatic carbocycles. The van der Waals surface area contributed by atoms with Gasteiger partial charge in [0.2, 0.25) is 0 Å². The van der Waals surface area contributed by atoms with E-state index in [1.54, 1.807) is 24.3 Å². The highest BCUT2D eigenvalue weighted by molar-refractivity contribution is 9.10. The summed E-state index contributed by atoms with van der Waals surface area (Å²) in [6.07, 6.45) is -4.32. The zero-order chi connectivity index (χ0) is 11.5. The van der Waals surface area contributed by atoms with Crippen molar-refractivity contribution in [1.82, 2.24) is 0 Å². The molecule has 6 heteroatoms. The Kier molecular flexibility index (Phi) is 4.16. The van der Waals surface area contributed by atoms with E-state index in [9.17, 15) is 13.2 Å². The molecular formula is C9H6BrClF3N. The van der Waals surface area contributed by atoms with Gasteiger partial charge in [-0.1, -0.05) is 39.7 Å². The summed E-state index contributed by atoms with van der Waals surface area (Å²) in [5, 5.41) is -0.139. The molecule has 1 aromatic carbocycles. The van der Waals surface area contributed by atoms with Crippen molar-refractivity contribution in [3.05, 3.63) is 34.3 Å². The van der Waals surface area contributed by atoms with Crippen molar-refractivity contribution < 1.29 is 13.2 Å². The van der Waals surface area contributed by atoms with Gasteiger partial charge in [-0.15, -0.1) is 0 Å². The third-order valence-corrected chi connectivity index (χ3v) is 2.35. The molecule has 15 heavy (non-hydrogen) atoms. The van der Waals surface area contributed by atoms with Gasteiger partial charge in [0.1, 0.15) is 11.7 Å². The van der Waals surface area contributed by atoms with Crippen molar-refractivity contribution in [2.45, 2.75) is 6.18 Å². The first-order chi connectivity index (χ1) is 6.88. The standard InChI is InChI=1S/C9H6BrClF3N/c10-7-3-1-6(2-4-7)8(11)15-5-9(12,13)14/h1-4H,5H2. The molecule has 0 bridgehead atoms. The lowest BCUT2D eigenvalue weighted by Gasteiger charge is -2.03. The van der Waals surface area contributed by atoms with Gasteiger partial charge < -0.3 is 0 Å². The fourth-order valence-electron chi connectivity index (χ4n) is 0.838. The van der Waals surface area contributed by atoms with Crippen molar-refractivity contribution in [2.24, 2.45) is 4.99 Å². The van der Waals surface area contributed by atoms with E-state index in [-0.39, 0.29) is 5.17 Å². The summed E-state index contributed by atoms with van der Waals surface area (Å²) in [7, 11) is 0. The van der Waals surface area contributed by atoms with Gasteiger partial charge in [-0.25, -0.2) is 0 Å². The van der Waals surface area contributed by atoms with Crippen LogP contribution in [0.25, 0.3) is 0 Å². The quantitative estimate of drug-likeness (QED) is 0.732.